The first-order valence-electron chi connectivity index (χ1n) is 12.9. The number of hydrogen-bond donors (Lipinski definition) is 0. The van der Waals surface area contributed by atoms with Crippen LogP contribution in [0.15, 0.2) is 41.8 Å². The summed E-state index contributed by atoms with van der Waals surface area (Å²) in [5.41, 5.74) is 3.52. The molecule has 1 unspecified atom stereocenters. The number of carbonyl (C=O) groups is 2. The van der Waals surface area contributed by atoms with E-state index in [-0.39, 0.29) is 36.0 Å². The van der Waals surface area contributed by atoms with Gasteiger partial charge in [-0.2, -0.15) is 0 Å². The number of piperidine rings is 1. The van der Waals surface area contributed by atoms with Gasteiger partial charge in [-0.1, -0.05) is 12.1 Å². The number of benzene rings is 2. The van der Waals surface area contributed by atoms with E-state index >= 15 is 0 Å². The van der Waals surface area contributed by atoms with Crippen molar-refractivity contribution < 1.29 is 23.5 Å². The minimum absolute atomic E-state index is 0.0357. The Morgan fingerprint density at radius 2 is 1.71 bits per heavy atom. The Hall–Kier alpha value is -3.46. The number of methoxy groups -OCH3 is 2. The molecular formula is C29H32FN3O4S. The molecule has 0 radical (unpaired) electrons. The number of rotatable bonds is 6. The number of hydrogen-bond acceptors (Lipinski definition) is 6. The van der Waals surface area contributed by atoms with E-state index in [9.17, 15) is 14.0 Å². The SMILES string of the molecule is COc1cc2c(cc1OC)CN(C(=O)c1csc(C3CCN(C(=O)Cc4ccc(F)cc4)CC3)n1)C(C)C2. The van der Waals surface area contributed by atoms with Gasteiger partial charge in [0, 0.05) is 37.0 Å². The smallest absolute Gasteiger partial charge is 0.273 e. The highest BCUT2D eigenvalue weighted by atomic mass is 32.1. The lowest BCUT2D eigenvalue weighted by Gasteiger charge is -2.35. The Balaban J connectivity index is 1.20. The summed E-state index contributed by atoms with van der Waals surface area (Å²) in [6, 6.07) is 10.1. The molecule has 200 valence electrons. The van der Waals surface area contributed by atoms with E-state index in [1.807, 2.05) is 27.3 Å². The van der Waals surface area contributed by atoms with Gasteiger partial charge >= 0.3 is 0 Å². The highest BCUT2D eigenvalue weighted by Crippen LogP contribution is 2.36. The molecule has 1 saturated heterocycles. The lowest BCUT2D eigenvalue weighted by Crippen LogP contribution is -2.42. The van der Waals surface area contributed by atoms with E-state index in [2.05, 4.69) is 6.92 Å². The third-order valence-corrected chi connectivity index (χ3v) is 8.57. The van der Waals surface area contributed by atoms with E-state index in [4.69, 9.17) is 14.5 Å². The molecule has 0 bridgehead atoms. The Morgan fingerprint density at radius 3 is 2.37 bits per heavy atom. The van der Waals surface area contributed by atoms with Crippen LogP contribution in [0.5, 0.6) is 11.5 Å². The fourth-order valence-corrected chi connectivity index (χ4v) is 6.29. The van der Waals surface area contributed by atoms with Crippen molar-refractivity contribution in [1.29, 1.82) is 0 Å². The van der Waals surface area contributed by atoms with Crippen LogP contribution >= 0.6 is 11.3 Å². The molecule has 5 rings (SSSR count). The molecule has 0 saturated carbocycles. The molecular weight excluding hydrogens is 505 g/mol. The van der Waals surface area contributed by atoms with Gasteiger partial charge in [0.2, 0.25) is 5.91 Å². The predicted octanol–water partition coefficient (Wildman–Crippen LogP) is 4.84. The fourth-order valence-electron chi connectivity index (χ4n) is 5.33. The van der Waals surface area contributed by atoms with E-state index < -0.39 is 0 Å². The molecule has 0 N–H and O–H groups in total. The minimum Gasteiger partial charge on any atom is -0.493 e. The monoisotopic (exact) mass is 537 g/mol. The van der Waals surface area contributed by atoms with Crippen LogP contribution in [0.25, 0.3) is 0 Å². The second-order valence-corrected chi connectivity index (χ2v) is 10.9. The molecule has 2 aliphatic heterocycles. The Labute approximate surface area is 226 Å². The number of thiazole rings is 1. The number of nitrogens with zero attached hydrogens (tertiary/aromatic N) is 3. The van der Waals surface area contributed by atoms with E-state index in [1.165, 1.54) is 29.0 Å². The largest absolute Gasteiger partial charge is 0.493 e. The first kappa shape index (κ1) is 26.2. The molecule has 1 atom stereocenters. The van der Waals surface area contributed by atoms with Gasteiger partial charge in [-0.15, -0.1) is 11.3 Å². The van der Waals surface area contributed by atoms with Crippen LogP contribution in [-0.2, 0) is 24.2 Å². The van der Waals surface area contributed by atoms with Crippen LogP contribution in [0.4, 0.5) is 4.39 Å². The second-order valence-electron chi connectivity index (χ2n) is 9.99. The number of ether oxygens (including phenoxy) is 2. The normalized spacial score (nSPS) is 17.7. The van der Waals surface area contributed by atoms with Gasteiger partial charge in [0.1, 0.15) is 11.5 Å². The maximum atomic E-state index is 13.5. The molecule has 3 aromatic rings. The third kappa shape index (κ3) is 5.38. The van der Waals surface area contributed by atoms with E-state index in [0.29, 0.717) is 36.8 Å². The third-order valence-electron chi connectivity index (χ3n) is 7.56. The molecule has 38 heavy (non-hydrogen) atoms. The molecule has 1 aromatic heterocycles. The molecule has 3 heterocycles. The number of aromatic nitrogens is 1. The molecule has 2 aliphatic rings. The zero-order valence-electron chi connectivity index (χ0n) is 21.9. The molecule has 1 fully saturated rings. The summed E-state index contributed by atoms with van der Waals surface area (Å²) in [4.78, 5) is 34.7. The second kappa shape index (κ2) is 11.1. The van der Waals surface area contributed by atoms with Crippen LogP contribution in [0.1, 0.15) is 57.9 Å². The highest BCUT2D eigenvalue weighted by Gasteiger charge is 2.31. The number of halogens is 1. The lowest BCUT2D eigenvalue weighted by molar-refractivity contribution is -0.131. The predicted molar refractivity (Wildman–Crippen MR) is 143 cm³/mol. The van der Waals surface area contributed by atoms with Crippen molar-refractivity contribution in [3.05, 3.63) is 75.0 Å². The van der Waals surface area contributed by atoms with Gasteiger partial charge in [-0.25, -0.2) is 9.37 Å². The molecule has 7 nitrogen and oxygen atoms in total. The van der Waals surface area contributed by atoms with Gasteiger partial charge in [-0.3, -0.25) is 9.59 Å². The average Bonchev–Trinajstić information content (AvgIpc) is 3.43. The summed E-state index contributed by atoms with van der Waals surface area (Å²) in [5.74, 6) is 1.28. The molecule has 2 aromatic carbocycles. The van der Waals surface area contributed by atoms with E-state index in [0.717, 1.165) is 35.4 Å². The van der Waals surface area contributed by atoms with Gasteiger partial charge in [0.15, 0.2) is 11.5 Å². The number of carbonyl (C=O) groups excluding carboxylic acids is 2. The number of fused-ring (bicyclic) bond motifs is 1. The van der Waals surface area contributed by atoms with Gasteiger partial charge in [0.05, 0.1) is 25.6 Å². The summed E-state index contributed by atoms with van der Waals surface area (Å²) in [6.45, 7) is 3.86. The minimum atomic E-state index is -0.302. The van der Waals surface area contributed by atoms with Crippen molar-refractivity contribution in [2.24, 2.45) is 0 Å². The maximum absolute atomic E-state index is 13.5. The summed E-state index contributed by atoms with van der Waals surface area (Å²) in [7, 11) is 3.24. The van der Waals surface area contributed by atoms with Crippen LogP contribution in [-0.4, -0.2) is 59.9 Å². The summed E-state index contributed by atoms with van der Waals surface area (Å²) >= 11 is 1.53. The number of likely N-dealkylation sites (tertiary alicyclic amines) is 1. The summed E-state index contributed by atoms with van der Waals surface area (Å²) in [6.07, 6.45) is 2.64. The topological polar surface area (TPSA) is 72.0 Å². The first-order chi connectivity index (χ1) is 18.4. The Kier molecular flexibility index (Phi) is 7.65. The maximum Gasteiger partial charge on any atom is 0.273 e. The van der Waals surface area contributed by atoms with E-state index in [1.54, 1.807) is 26.4 Å². The zero-order chi connectivity index (χ0) is 26.8. The van der Waals surface area contributed by atoms with Crippen molar-refractivity contribution in [1.82, 2.24) is 14.8 Å². The molecule has 0 spiro atoms. The molecule has 2 amide bonds. The van der Waals surface area contributed by atoms with Crippen LogP contribution < -0.4 is 9.47 Å². The standard InChI is InChI=1S/C29H32FN3O4S/c1-18-12-21-14-25(36-2)26(37-3)15-22(21)16-33(18)29(35)24-17-38-28(31-24)20-8-10-32(11-9-20)27(34)13-19-4-6-23(30)7-5-19/h4-7,14-15,17-18,20H,8-13,16H2,1-3H3. The Morgan fingerprint density at radius 1 is 1.05 bits per heavy atom. The van der Waals surface area contributed by atoms with Gasteiger partial charge in [-0.05, 0) is 67.1 Å². The van der Waals surface area contributed by atoms with Crippen LogP contribution in [0, 0.1) is 5.82 Å². The zero-order valence-corrected chi connectivity index (χ0v) is 22.7. The average molecular weight is 538 g/mol. The Bertz CT molecular complexity index is 1320. The fraction of sp³-hybridized carbons (Fsp3) is 0.414. The molecule has 9 heteroatoms. The summed E-state index contributed by atoms with van der Waals surface area (Å²) in [5, 5.41) is 2.82. The van der Waals surface area contributed by atoms with Crippen molar-refractivity contribution in [3.8, 4) is 11.5 Å². The highest BCUT2D eigenvalue weighted by molar-refractivity contribution is 7.09. The van der Waals surface area contributed by atoms with Gasteiger partial charge < -0.3 is 19.3 Å². The van der Waals surface area contributed by atoms with Crippen molar-refractivity contribution in [2.75, 3.05) is 27.3 Å². The number of amides is 2. The van der Waals surface area contributed by atoms with Crippen molar-refractivity contribution in [2.45, 2.75) is 51.1 Å². The first-order valence-corrected chi connectivity index (χ1v) is 13.8. The van der Waals surface area contributed by atoms with Gasteiger partial charge in [0.25, 0.3) is 5.91 Å². The summed E-state index contributed by atoms with van der Waals surface area (Å²) < 4.78 is 24.0. The van der Waals surface area contributed by atoms with Crippen LogP contribution in [0.3, 0.4) is 0 Å². The van der Waals surface area contributed by atoms with Crippen molar-refractivity contribution in [3.63, 3.8) is 0 Å². The quantitative estimate of drug-likeness (QED) is 0.450. The van der Waals surface area contributed by atoms with Crippen LogP contribution in [0.2, 0.25) is 0 Å². The van der Waals surface area contributed by atoms with Crippen molar-refractivity contribution >= 4 is 23.2 Å². The lowest BCUT2D eigenvalue weighted by atomic mass is 9.94. The molecule has 0 aliphatic carbocycles.